The predicted octanol–water partition coefficient (Wildman–Crippen LogP) is 0.818. The van der Waals surface area contributed by atoms with Crippen molar-refractivity contribution < 1.29 is 14.4 Å². The van der Waals surface area contributed by atoms with E-state index < -0.39 is 0 Å². The van der Waals surface area contributed by atoms with E-state index in [1.807, 2.05) is 32.6 Å². The Labute approximate surface area is 138 Å². The summed E-state index contributed by atoms with van der Waals surface area (Å²) in [4.78, 5) is 41.8. The molecule has 6 heteroatoms. The standard InChI is InChI=1S/C17H29N3O3/c1-12(2)14-11-15(21)20(17(14)23)10-7-18-5-8-19(9-6-18)16(22)13(3)4/h12-14H,5-11H2,1-4H3. The van der Waals surface area contributed by atoms with Crippen molar-refractivity contribution in [3.63, 3.8) is 0 Å². The second kappa shape index (κ2) is 7.43. The third-order valence-corrected chi connectivity index (χ3v) is 4.90. The van der Waals surface area contributed by atoms with Gasteiger partial charge in [0.1, 0.15) is 0 Å². The molecule has 2 rings (SSSR count). The largest absolute Gasteiger partial charge is 0.340 e. The van der Waals surface area contributed by atoms with Gasteiger partial charge in [-0.15, -0.1) is 0 Å². The molecule has 0 aromatic carbocycles. The van der Waals surface area contributed by atoms with Crippen molar-refractivity contribution in [2.24, 2.45) is 17.8 Å². The number of nitrogens with zero attached hydrogens (tertiary/aromatic N) is 3. The van der Waals surface area contributed by atoms with E-state index in [4.69, 9.17) is 0 Å². The first-order valence-corrected chi connectivity index (χ1v) is 8.66. The molecule has 0 aromatic rings. The van der Waals surface area contributed by atoms with Gasteiger partial charge >= 0.3 is 0 Å². The van der Waals surface area contributed by atoms with Gasteiger partial charge in [-0.2, -0.15) is 0 Å². The fourth-order valence-corrected chi connectivity index (χ4v) is 3.26. The molecule has 2 aliphatic rings. The molecule has 1 atom stereocenters. The summed E-state index contributed by atoms with van der Waals surface area (Å²) in [6, 6.07) is 0. The Morgan fingerprint density at radius 2 is 1.65 bits per heavy atom. The van der Waals surface area contributed by atoms with Crippen LogP contribution in [0, 0.1) is 17.8 Å². The van der Waals surface area contributed by atoms with E-state index in [9.17, 15) is 14.4 Å². The van der Waals surface area contributed by atoms with Crippen LogP contribution in [0.15, 0.2) is 0 Å². The lowest BCUT2D eigenvalue weighted by Gasteiger charge is -2.36. The molecule has 0 saturated carbocycles. The lowest BCUT2D eigenvalue weighted by atomic mass is 9.94. The lowest BCUT2D eigenvalue weighted by molar-refractivity contribution is -0.140. The molecule has 2 saturated heterocycles. The molecule has 1 unspecified atom stereocenters. The highest BCUT2D eigenvalue weighted by molar-refractivity contribution is 6.03. The zero-order valence-corrected chi connectivity index (χ0v) is 14.7. The van der Waals surface area contributed by atoms with E-state index >= 15 is 0 Å². The topological polar surface area (TPSA) is 60.9 Å². The average molecular weight is 323 g/mol. The van der Waals surface area contributed by atoms with Gasteiger partial charge in [0, 0.05) is 57.5 Å². The van der Waals surface area contributed by atoms with Crippen LogP contribution in [0.5, 0.6) is 0 Å². The summed E-state index contributed by atoms with van der Waals surface area (Å²) in [7, 11) is 0. The van der Waals surface area contributed by atoms with Crippen LogP contribution in [0.3, 0.4) is 0 Å². The van der Waals surface area contributed by atoms with E-state index in [1.165, 1.54) is 4.90 Å². The molecule has 2 fully saturated rings. The fraction of sp³-hybridized carbons (Fsp3) is 0.824. The van der Waals surface area contributed by atoms with Crippen LogP contribution < -0.4 is 0 Å². The highest BCUT2D eigenvalue weighted by atomic mass is 16.2. The van der Waals surface area contributed by atoms with E-state index in [0.717, 1.165) is 26.2 Å². The number of hydrogen-bond acceptors (Lipinski definition) is 4. The van der Waals surface area contributed by atoms with Gasteiger partial charge in [0.2, 0.25) is 17.7 Å². The van der Waals surface area contributed by atoms with Gasteiger partial charge < -0.3 is 4.90 Å². The minimum absolute atomic E-state index is 0.0152. The van der Waals surface area contributed by atoms with E-state index in [1.54, 1.807) is 0 Å². The Hall–Kier alpha value is -1.43. The lowest BCUT2D eigenvalue weighted by Crippen LogP contribution is -2.51. The molecular formula is C17H29N3O3. The normalized spacial score (nSPS) is 23.5. The molecule has 0 N–H and O–H groups in total. The molecule has 23 heavy (non-hydrogen) atoms. The van der Waals surface area contributed by atoms with Crippen LogP contribution in [0.1, 0.15) is 34.1 Å². The fourth-order valence-electron chi connectivity index (χ4n) is 3.26. The Kier molecular flexibility index (Phi) is 5.79. The van der Waals surface area contributed by atoms with Gasteiger partial charge in [-0.05, 0) is 5.92 Å². The summed E-state index contributed by atoms with van der Waals surface area (Å²) in [5.41, 5.74) is 0. The van der Waals surface area contributed by atoms with Crippen LogP contribution in [-0.2, 0) is 14.4 Å². The van der Waals surface area contributed by atoms with Crippen LogP contribution >= 0.6 is 0 Å². The number of likely N-dealkylation sites (tertiary alicyclic amines) is 1. The Morgan fingerprint density at radius 3 is 2.13 bits per heavy atom. The third kappa shape index (κ3) is 4.10. The van der Waals surface area contributed by atoms with Gasteiger partial charge in [-0.3, -0.25) is 24.2 Å². The van der Waals surface area contributed by atoms with Crippen LogP contribution in [-0.4, -0.2) is 71.7 Å². The predicted molar refractivity (Wildman–Crippen MR) is 87.5 cm³/mol. The zero-order valence-electron chi connectivity index (χ0n) is 14.7. The number of amides is 3. The molecule has 0 bridgehead atoms. The minimum atomic E-state index is -0.150. The molecule has 3 amide bonds. The molecule has 0 radical (unpaired) electrons. The van der Waals surface area contributed by atoms with Crippen molar-refractivity contribution in [1.82, 2.24) is 14.7 Å². The number of hydrogen-bond donors (Lipinski definition) is 0. The number of carbonyl (C=O) groups excluding carboxylic acids is 3. The van der Waals surface area contributed by atoms with Crippen molar-refractivity contribution in [1.29, 1.82) is 0 Å². The maximum Gasteiger partial charge on any atom is 0.233 e. The highest BCUT2D eigenvalue weighted by Crippen LogP contribution is 2.26. The zero-order chi connectivity index (χ0) is 17.1. The van der Waals surface area contributed by atoms with E-state index in [-0.39, 0.29) is 35.5 Å². The quantitative estimate of drug-likeness (QED) is 0.703. The molecule has 6 nitrogen and oxygen atoms in total. The first-order chi connectivity index (χ1) is 10.8. The number of carbonyl (C=O) groups is 3. The monoisotopic (exact) mass is 323 g/mol. The number of piperazine rings is 1. The number of rotatable bonds is 5. The smallest absolute Gasteiger partial charge is 0.233 e. The van der Waals surface area contributed by atoms with E-state index in [2.05, 4.69) is 4.90 Å². The summed E-state index contributed by atoms with van der Waals surface area (Å²) in [6.45, 7) is 12.1. The SMILES string of the molecule is CC(C)C(=O)N1CCN(CCN2C(=O)CC(C(C)C)C2=O)CC1. The summed E-state index contributed by atoms with van der Waals surface area (Å²) in [5.74, 6) is 0.245. The number of imide groups is 1. The molecule has 0 spiro atoms. The second-order valence-electron chi connectivity index (χ2n) is 7.26. The summed E-state index contributed by atoms with van der Waals surface area (Å²) >= 11 is 0. The first-order valence-electron chi connectivity index (χ1n) is 8.66. The third-order valence-electron chi connectivity index (χ3n) is 4.90. The summed E-state index contributed by atoms with van der Waals surface area (Å²) in [5, 5.41) is 0. The van der Waals surface area contributed by atoms with Crippen molar-refractivity contribution in [2.45, 2.75) is 34.1 Å². The van der Waals surface area contributed by atoms with Crippen LogP contribution in [0.25, 0.3) is 0 Å². The first kappa shape index (κ1) is 17.9. The van der Waals surface area contributed by atoms with Crippen molar-refractivity contribution in [3.05, 3.63) is 0 Å². The second-order valence-corrected chi connectivity index (χ2v) is 7.26. The Bertz CT molecular complexity index is 468. The summed E-state index contributed by atoms with van der Waals surface area (Å²) in [6.07, 6.45) is 0.354. The molecule has 2 heterocycles. The van der Waals surface area contributed by atoms with Gasteiger partial charge in [0.05, 0.1) is 0 Å². The average Bonchev–Trinajstić information content (AvgIpc) is 2.80. The molecule has 2 aliphatic heterocycles. The van der Waals surface area contributed by atoms with Crippen LogP contribution in [0.2, 0.25) is 0 Å². The molecule has 130 valence electrons. The maximum absolute atomic E-state index is 12.3. The molecular weight excluding hydrogens is 294 g/mol. The van der Waals surface area contributed by atoms with Crippen LogP contribution in [0.4, 0.5) is 0 Å². The highest BCUT2D eigenvalue weighted by Gasteiger charge is 2.39. The van der Waals surface area contributed by atoms with Crippen molar-refractivity contribution in [3.8, 4) is 0 Å². The Morgan fingerprint density at radius 1 is 1.04 bits per heavy atom. The summed E-state index contributed by atoms with van der Waals surface area (Å²) < 4.78 is 0. The molecule has 0 aliphatic carbocycles. The Balaban J connectivity index is 1.79. The maximum atomic E-state index is 12.3. The van der Waals surface area contributed by atoms with Gasteiger partial charge in [-0.25, -0.2) is 0 Å². The van der Waals surface area contributed by atoms with Crippen molar-refractivity contribution in [2.75, 3.05) is 39.3 Å². The van der Waals surface area contributed by atoms with Gasteiger partial charge in [0.25, 0.3) is 0 Å². The minimum Gasteiger partial charge on any atom is -0.340 e. The van der Waals surface area contributed by atoms with E-state index in [0.29, 0.717) is 19.5 Å². The van der Waals surface area contributed by atoms with Crippen molar-refractivity contribution >= 4 is 17.7 Å². The van der Waals surface area contributed by atoms with Gasteiger partial charge in [-0.1, -0.05) is 27.7 Å². The molecule has 0 aromatic heterocycles. The van der Waals surface area contributed by atoms with Gasteiger partial charge in [0.15, 0.2) is 0 Å².